The molecular weight excluding hydrogens is 882 g/mol. The van der Waals surface area contributed by atoms with Crippen LogP contribution in [0.5, 0.6) is 0 Å². The van der Waals surface area contributed by atoms with Gasteiger partial charge in [0.25, 0.3) is 12.9 Å². The molecule has 9 rings (SSSR count). The van der Waals surface area contributed by atoms with E-state index in [1.807, 2.05) is 0 Å². The first-order valence-electron chi connectivity index (χ1n) is 19.5. The molecule has 0 aliphatic carbocycles. The minimum atomic E-state index is -0.966. The molecule has 12 N–H and O–H groups in total. The molecule has 0 bridgehead atoms. The van der Waals surface area contributed by atoms with Crippen molar-refractivity contribution in [3.8, 4) is 0 Å². The first kappa shape index (κ1) is 50.5. The van der Waals surface area contributed by atoms with Crippen LogP contribution < -0.4 is 17.2 Å². The normalized spacial score (nSPS) is 26.5. The summed E-state index contributed by atoms with van der Waals surface area (Å²) in [5, 5.41) is 53.4. The van der Waals surface area contributed by atoms with Crippen LogP contribution >= 0.6 is 0 Å². The van der Waals surface area contributed by atoms with Gasteiger partial charge in [0.05, 0.1) is 31.7 Å². The summed E-state index contributed by atoms with van der Waals surface area (Å²) in [6.07, 6.45) is 1.15. The van der Waals surface area contributed by atoms with Gasteiger partial charge < -0.3 is 81.0 Å². The van der Waals surface area contributed by atoms with E-state index in [4.69, 9.17) is 51.1 Å². The zero-order valence-corrected chi connectivity index (χ0v) is 35.8. The van der Waals surface area contributed by atoms with Gasteiger partial charge in [-0.15, -0.1) is 0 Å². The summed E-state index contributed by atoms with van der Waals surface area (Å²) < 4.78 is 41.8. The molecule has 0 radical (unpaired) electrons. The van der Waals surface area contributed by atoms with Gasteiger partial charge in [-0.3, -0.25) is 23.3 Å². The van der Waals surface area contributed by atoms with Crippen LogP contribution in [0, 0.1) is 0 Å². The number of carbonyl (C=O) groups is 2. The van der Waals surface area contributed by atoms with Gasteiger partial charge in [-0.05, 0) is 0 Å². The quantitative estimate of drug-likeness (QED) is 0.0528. The minimum Gasteiger partial charge on any atom is -0.465 e. The number of anilines is 3. The number of rotatable bonds is 12. The Morgan fingerprint density at radius 1 is 0.606 bits per heavy atom. The molecule has 3 aliphatic heterocycles. The fourth-order valence-electron chi connectivity index (χ4n) is 7.18. The number of hydrogen-bond donors (Lipinski definition) is 9. The maximum absolute atomic E-state index is 10.3. The van der Waals surface area contributed by atoms with Crippen LogP contribution in [0.25, 0.3) is 33.5 Å². The van der Waals surface area contributed by atoms with Crippen LogP contribution in [0.4, 0.5) is 17.5 Å². The highest BCUT2D eigenvalue weighted by Crippen LogP contribution is 2.35. The van der Waals surface area contributed by atoms with E-state index < -0.39 is 67.5 Å². The molecule has 0 aromatic carbocycles. The lowest BCUT2D eigenvalue weighted by Crippen LogP contribution is -2.35. The third-order valence-corrected chi connectivity index (χ3v) is 10.2. The maximum atomic E-state index is 10.3. The number of nitrogens with zero attached hydrogens (tertiary/aromatic N) is 12. The van der Waals surface area contributed by atoms with E-state index in [2.05, 4.69) is 54.3 Å². The van der Waals surface area contributed by atoms with Gasteiger partial charge in [0, 0.05) is 34.9 Å². The molecule has 3 saturated heterocycles. The van der Waals surface area contributed by atoms with Crippen molar-refractivity contribution in [2.45, 2.75) is 73.9 Å². The number of hydrogen-bond acceptors (Lipinski definition) is 27. The summed E-state index contributed by atoms with van der Waals surface area (Å²) in [7, 11) is 4.92. The van der Waals surface area contributed by atoms with Crippen LogP contribution in [-0.4, -0.2) is 199 Å². The maximum Gasteiger partial charge on any atom is 0.293 e. The van der Waals surface area contributed by atoms with E-state index in [1.54, 1.807) is 13.7 Å². The third-order valence-electron chi connectivity index (χ3n) is 10.2. The first-order valence-corrected chi connectivity index (χ1v) is 19.5. The largest absolute Gasteiger partial charge is 0.465 e. The van der Waals surface area contributed by atoms with Gasteiger partial charge in [-0.1, -0.05) is 0 Å². The molecule has 11 unspecified atom stereocenters. The van der Waals surface area contributed by atoms with Gasteiger partial charge >= 0.3 is 0 Å². The number of aliphatic hydroxyl groups excluding tert-OH is 6. The van der Waals surface area contributed by atoms with Crippen LogP contribution in [0.15, 0.2) is 38.0 Å². The number of ether oxygens (including phenoxy) is 7. The van der Waals surface area contributed by atoms with Crippen molar-refractivity contribution in [3.05, 3.63) is 38.0 Å². The van der Waals surface area contributed by atoms with Crippen molar-refractivity contribution in [3.63, 3.8) is 0 Å². The predicted octanol–water partition coefficient (Wildman–Crippen LogP) is -4.02. The number of imidazole rings is 3. The molecule has 9 heterocycles. The smallest absolute Gasteiger partial charge is 0.293 e. The van der Waals surface area contributed by atoms with Gasteiger partial charge in [0.1, 0.15) is 97.7 Å². The lowest BCUT2D eigenvalue weighted by Gasteiger charge is -2.19. The molecule has 360 valence electrons. The molecule has 3 fully saturated rings. The second-order valence-corrected chi connectivity index (χ2v) is 13.7. The fraction of sp³-hybridized carbons (Fsp3) is 0.528. The minimum absolute atomic E-state index is 0.00488. The Bertz CT molecular complexity index is 2460. The molecule has 30 heteroatoms. The Labute approximate surface area is 372 Å². The molecule has 0 spiro atoms. The van der Waals surface area contributed by atoms with E-state index in [0.717, 1.165) is 14.2 Å². The number of aliphatic hydroxyl groups is 6. The SMILES string of the molecule is CO.CO.COC1C(O)C(CO)OC1n1cnc2c(N)ncnc21.COC1C(O)C(COC=O)OC1n1cnc2c(N)ncnc21.Nc1ncnc2c1ncn2C1CC(O)C(COC=O)O1. The van der Waals surface area contributed by atoms with Crippen molar-refractivity contribution in [2.75, 3.05) is 65.5 Å². The standard InChI is InChI=1S/C12H15N5O5.C11H13N5O4.C11H15N5O4.2CH4O/c1-20-9-8(19)6(2-21-5-18)22-12(9)17-4-16-7-10(13)14-3-15-11(7)17;12-10-9-11(14-3-13-10)16(4-15-9)8-1-6(18)7(20-8)2-19-5-17;1-19-8-7(18)5(2-17)20-11(8)16-4-15-6-9(12)13-3-14-10(6)16;2*1-2/h3-6,8-9,12,19H,2H2,1H3,(H2,13,14,15);3-8,18H,1-2H2,(H2,12,13,14);3-5,7-8,11,17-18H,2H2,1H3,(H2,12,13,14);2*2H,1H3. The highest BCUT2D eigenvalue weighted by molar-refractivity contribution is 5.82. The zero-order chi connectivity index (χ0) is 48.1. The molecule has 6 aromatic rings. The number of nitrogen functional groups attached to an aromatic ring is 3. The summed E-state index contributed by atoms with van der Waals surface area (Å²) in [6.45, 7) is 0.243. The second-order valence-electron chi connectivity index (χ2n) is 13.7. The van der Waals surface area contributed by atoms with Gasteiger partial charge in [-0.2, -0.15) is 0 Å². The molecule has 30 nitrogen and oxygen atoms in total. The van der Waals surface area contributed by atoms with E-state index in [1.165, 1.54) is 52.2 Å². The Morgan fingerprint density at radius 2 is 1.00 bits per heavy atom. The van der Waals surface area contributed by atoms with Crippen molar-refractivity contribution in [2.24, 2.45) is 0 Å². The first-order chi connectivity index (χ1) is 32.0. The van der Waals surface area contributed by atoms with Crippen LogP contribution in [-0.2, 0) is 42.7 Å². The Kier molecular flexibility index (Phi) is 18.1. The van der Waals surface area contributed by atoms with Crippen molar-refractivity contribution in [1.82, 2.24) is 58.6 Å². The average Bonchev–Trinajstić information content (AvgIpc) is 4.21. The zero-order valence-electron chi connectivity index (χ0n) is 35.8. The summed E-state index contributed by atoms with van der Waals surface area (Å²) in [4.78, 5) is 56.9. The topological polar surface area (TPSA) is 429 Å². The molecule has 6 aromatic heterocycles. The molecular formula is C36H51N15O15. The van der Waals surface area contributed by atoms with Gasteiger partial charge in [0.2, 0.25) is 0 Å². The lowest BCUT2D eigenvalue weighted by molar-refractivity contribution is -0.136. The second kappa shape index (κ2) is 23.7. The number of fused-ring (bicyclic) bond motifs is 3. The molecule has 0 saturated carbocycles. The summed E-state index contributed by atoms with van der Waals surface area (Å²) in [5.74, 6) is 0.796. The number of nitrogens with two attached hydrogens (primary N) is 3. The van der Waals surface area contributed by atoms with E-state index in [9.17, 15) is 30.0 Å². The molecule has 0 amide bonds. The highest BCUT2D eigenvalue weighted by Gasteiger charge is 2.47. The summed E-state index contributed by atoms with van der Waals surface area (Å²) >= 11 is 0. The van der Waals surface area contributed by atoms with Gasteiger partial charge in [0.15, 0.2) is 46.9 Å². The van der Waals surface area contributed by atoms with Crippen molar-refractivity contribution >= 4 is 63.9 Å². The Hall–Kier alpha value is -6.45. The van der Waals surface area contributed by atoms with Crippen LogP contribution in [0.3, 0.4) is 0 Å². The molecule has 11 atom stereocenters. The number of methoxy groups -OCH3 is 2. The highest BCUT2D eigenvalue weighted by atomic mass is 16.6. The lowest BCUT2D eigenvalue weighted by atomic mass is 10.1. The van der Waals surface area contributed by atoms with E-state index in [0.29, 0.717) is 52.9 Å². The number of aromatic nitrogens is 12. The van der Waals surface area contributed by atoms with Crippen molar-refractivity contribution in [1.29, 1.82) is 0 Å². The van der Waals surface area contributed by atoms with E-state index in [-0.39, 0.29) is 37.3 Å². The van der Waals surface area contributed by atoms with E-state index >= 15 is 0 Å². The molecule has 3 aliphatic rings. The Balaban J connectivity index is 0.000000179. The van der Waals surface area contributed by atoms with Crippen LogP contribution in [0.1, 0.15) is 25.1 Å². The Morgan fingerprint density at radius 3 is 1.42 bits per heavy atom. The number of carbonyl (C=O) groups excluding carboxylic acids is 2. The average molecular weight is 934 g/mol. The third kappa shape index (κ3) is 10.5. The fourth-order valence-corrected chi connectivity index (χ4v) is 7.18. The predicted molar refractivity (Wildman–Crippen MR) is 223 cm³/mol. The van der Waals surface area contributed by atoms with Crippen molar-refractivity contribution < 1.29 is 73.4 Å². The summed E-state index contributed by atoms with van der Waals surface area (Å²) in [6, 6.07) is 0. The van der Waals surface area contributed by atoms with Gasteiger partial charge in [-0.25, -0.2) is 44.9 Å². The monoisotopic (exact) mass is 933 g/mol. The summed E-state index contributed by atoms with van der Waals surface area (Å²) in [5.41, 5.74) is 20.0. The molecule has 66 heavy (non-hydrogen) atoms. The van der Waals surface area contributed by atoms with Crippen LogP contribution in [0.2, 0.25) is 0 Å².